The molecule has 0 saturated carbocycles. The summed E-state index contributed by atoms with van der Waals surface area (Å²) in [4.78, 5) is 35.7. The van der Waals surface area contributed by atoms with Crippen LogP contribution in [0.5, 0.6) is 5.75 Å². The molecule has 1 aromatic heterocycles. The van der Waals surface area contributed by atoms with Gasteiger partial charge in [-0.05, 0) is 63.1 Å². The molecule has 1 aliphatic rings. The largest absolute Gasteiger partial charge is 0.494 e. The average Bonchev–Trinajstić information content (AvgIpc) is 2.84. The van der Waals surface area contributed by atoms with Crippen molar-refractivity contribution in [2.75, 3.05) is 26.2 Å². The number of benzene rings is 2. The molecule has 3 aromatic rings. The number of hydrogen-bond donors (Lipinski definition) is 0. The minimum Gasteiger partial charge on any atom is -0.494 e. The van der Waals surface area contributed by atoms with E-state index in [-0.39, 0.29) is 23.6 Å². The standard InChI is InChI=1S/C28H36N4O3/c1-6-35-23-13-11-22(12-14-23)32-27(29-25-10-8-7-9-24(25)28(32)34)21(5)30-15-16-31(20(4)18-30)26(33)17-19(2)3/h7-14,19-21H,6,15-18H2,1-5H3. The van der Waals surface area contributed by atoms with E-state index >= 15 is 0 Å². The summed E-state index contributed by atoms with van der Waals surface area (Å²) in [5.41, 5.74) is 1.37. The molecule has 2 unspecified atom stereocenters. The Morgan fingerprint density at radius 1 is 1.09 bits per heavy atom. The molecule has 1 saturated heterocycles. The van der Waals surface area contributed by atoms with Gasteiger partial charge in [0, 0.05) is 32.1 Å². The molecule has 2 heterocycles. The minimum absolute atomic E-state index is 0.0830. The highest BCUT2D eigenvalue weighted by Gasteiger charge is 2.32. The Bertz CT molecular complexity index is 1240. The Morgan fingerprint density at radius 2 is 1.80 bits per heavy atom. The number of rotatable bonds is 7. The molecule has 4 rings (SSSR count). The summed E-state index contributed by atoms with van der Waals surface area (Å²) < 4.78 is 7.32. The van der Waals surface area contributed by atoms with Crippen molar-refractivity contribution in [1.29, 1.82) is 0 Å². The fourth-order valence-corrected chi connectivity index (χ4v) is 4.88. The van der Waals surface area contributed by atoms with Gasteiger partial charge in [-0.3, -0.25) is 19.1 Å². The number of fused-ring (bicyclic) bond motifs is 1. The molecule has 7 heteroatoms. The van der Waals surface area contributed by atoms with E-state index in [2.05, 4.69) is 32.6 Å². The predicted octanol–water partition coefficient (Wildman–Crippen LogP) is 4.42. The summed E-state index contributed by atoms with van der Waals surface area (Å²) in [6, 6.07) is 15.1. The van der Waals surface area contributed by atoms with E-state index in [1.807, 2.05) is 60.4 Å². The molecule has 186 valence electrons. The Morgan fingerprint density at radius 3 is 2.46 bits per heavy atom. The number of carbonyl (C=O) groups excluding carboxylic acids is 1. The highest BCUT2D eigenvalue weighted by atomic mass is 16.5. The van der Waals surface area contributed by atoms with Gasteiger partial charge in [0.2, 0.25) is 5.91 Å². The van der Waals surface area contributed by atoms with Crippen molar-refractivity contribution < 1.29 is 9.53 Å². The van der Waals surface area contributed by atoms with Crippen LogP contribution in [0.4, 0.5) is 0 Å². The second-order valence-corrected chi connectivity index (χ2v) is 9.76. The summed E-state index contributed by atoms with van der Waals surface area (Å²) in [6.45, 7) is 13.0. The number of piperazine rings is 1. The highest BCUT2D eigenvalue weighted by molar-refractivity contribution is 5.78. The first-order chi connectivity index (χ1) is 16.8. The van der Waals surface area contributed by atoms with E-state index in [1.165, 1.54) is 0 Å². The van der Waals surface area contributed by atoms with Gasteiger partial charge in [0.1, 0.15) is 11.6 Å². The van der Waals surface area contributed by atoms with Crippen molar-refractivity contribution in [2.45, 2.75) is 53.1 Å². The van der Waals surface area contributed by atoms with Gasteiger partial charge >= 0.3 is 0 Å². The van der Waals surface area contributed by atoms with Crippen LogP contribution >= 0.6 is 0 Å². The number of nitrogens with zero attached hydrogens (tertiary/aromatic N) is 4. The van der Waals surface area contributed by atoms with Gasteiger partial charge in [0.25, 0.3) is 5.56 Å². The summed E-state index contributed by atoms with van der Waals surface area (Å²) in [5.74, 6) is 2.03. The van der Waals surface area contributed by atoms with Crippen molar-refractivity contribution in [3.05, 3.63) is 64.7 Å². The first-order valence-electron chi connectivity index (χ1n) is 12.6. The predicted molar refractivity (Wildman–Crippen MR) is 139 cm³/mol. The van der Waals surface area contributed by atoms with Crippen molar-refractivity contribution in [2.24, 2.45) is 5.92 Å². The van der Waals surface area contributed by atoms with Gasteiger partial charge in [-0.25, -0.2) is 4.98 Å². The molecule has 7 nitrogen and oxygen atoms in total. The Labute approximate surface area is 207 Å². The Balaban J connectivity index is 1.70. The van der Waals surface area contributed by atoms with Crippen molar-refractivity contribution in [1.82, 2.24) is 19.4 Å². The van der Waals surface area contributed by atoms with E-state index in [4.69, 9.17) is 9.72 Å². The molecule has 2 atom stereocenters. The van der Waals surface area contributed by atoms with Gasteiger partial charge in [-0.15, -0.1) is 0 Å². The van der Waals surface area contributed by atoms with Gasteiger partial charge in [0.15, 0.2) is 0 Å². The molecule has 1 aliphatic heterocycles. The first kappa shape index (κ1) is 24.9. The van der Waals surface area contributed by atoms with E-state index in [0.29, 0.717) is 42.2 Å². The second-order valence-electron chi connectivity index (χ2n) is 9.76. The van der Waals surface area contributed by atoms with Gasteiger partial charge in [0.05, 0.1) is 29.2 Å². The highest BCUT2D eigenvalue weighted by Crippen LogP contribution is 2.26. The molecule has 0 N–H and O–H groups in total. The quantitative estimate of drug-likeness (QED) is 0.505. The van der Waals surface area contributed by atoms with Crippen molar-refractivity contribution >= 4 is 16.8 Å². The zero-order chi connectivity index (χ0) is 25.1. The third-order valence-electron chi connectivity index (χ3n) is 6.69. The normalized spacial score (nSPS) is 17.7. The lowest BCUT2D eigenvalue weighted by Gasteiger charge is -2.42. The number of hydrogen-bond acceptors (Lipinski definition) is 5. The van der Waals surface area contributed by atoms with Gasteiger partial charge < -0.3 is 9.64 Å². The molecular formula is C28H36N4O3. The van der Waals surface area contributed by atoms with E-state index in [9.17, 15) is 9.59 Å². The fourth-order valence-electron chi connectivity index (χ4n) is 4.88. The number of aromatic nitrogens is 2. The third-order valence-corrected chi connectivity index (χ3v) is 6.69. The van der Waals surface area contributed by atoms with Crippen molar-refractivity contribution in [3.8, 4) is 11.4 Å². The fraction of sp³-hybridized carbons (Fsp3) is 0.464. The number of amides is 1. The van der Waals surface area contributed by atoms with Crippen LogP contribution in [0.1, 0.15) is 52.9 Å². The van der Waals surface area contributed by atoms with E-state index in [0.717, 1.165) is 24.5 Å². The molecular weight excluding hydrogens is 440 g/mol. The lowest BCUT2D eigenvalue weighted by molar-refractivity contribution is -0.136. The number of ether oxygens (including phenoxy) is 1. The van der Waals surface area contributed by atoms with E-state index < -0.39 is 0 Å². The molecule has 1 amide bonds. The average molecular weight is 477 g/mol. The molecule has 0 bridgehead atoms. The maximum absolute atomic E-state index is 13.7. The zero-order valence-corrected chi connectivity index (χ0v) is 21.4. The Kier molecular flexibility index (Phi) is 7.55. The SMILES string of the molecule is CCOc1ccc(-n2c(C(C)N3CCN(C(=O)CC(C)C)C(C)C3)nc3ccccc3c2=O)cc1. The lowest BCUT2D eigenvalue weighted by Crippen LogP contribution is -2.54. The van der Waals surface area contributed by atoms with Crippen LogP contribution in [0.25, 0.3) is 16.6 Å². The lowest BCUT2D eigenvalue weighted by atomic mass is 10.1. The zero-order valence-electron chi connectivity index (χ0n) is 21.4. The number of para-hydroxylation sites is 1. The summed E-state index contributed by atoms with van der Waals surface area (Å²) >= 11 is 0. The van der Waals surface area contributed by atoms with Crippen LogP contribution in [0.2, 0.25) is 0 Å². The molecule has 35 heavy (non-hydrogen) atoms. The monoisotopic (exact) mass is 476 g/mol. The van der Waals surface area contributed by atoms with Crippen molar-refractivity contribution in [3.63, 3.8) is 0 Å². The first-order valence-corrected chi connectivity index (χ1v) is 12.6. The maximum Gasteiger partial charge on any atom is 0.266 e. The smallest absolute Gasteiger partial charge is 0.266 e. The maximum atomic E-state index is 13.7. The molecule has 0 spiro atoms. The summed E-state index contributed by atoms with van der Waals surface area (Å²) in [5, 5.41) is 0.592. The van der Waals surface area contributed by atoms with Gasteiger partial charge in [-0.2, -0.15) is 0 Å². The van der Waals surface area contributed by atoms with Crippen LogP contribution in [0.15, 0.2) is 53.3 Å². The minimum atomic E-state index is -0.108. The number of carbonyl (C=O) groups is 1. The Hall–Kier alpha value is -3.19. The van der Waals surface area contributed by atoms with Crippen LogP contribution in [0, 0.1) is 5.92 Å². The third kappa shape index (κ3) is 5.25. The van der Waals surface area contributed by atoms with Crippen LogP contribution in [0.3, 0.4) is 0 Å². The second kappa shape index (κ2) is 10.6. The van der Waals surface area contributed by atoms with Crippen LogP contribution in [-0.2, 0) is 4.79 Å². The van der Waals surface area contributed by atoms with Gasteiger partial charge in [-0.1, -0.05) is 26.0 Å². The molecule has 0 radical (unpaired) electrons. The van der Waals surface area contributed by atoms with Crippen LogP contribution < -0.4 is 10.3 Å². The topological polar surface area (TPSA) is 67.7 Å². The van der Waals surface area contributed by atoms with E-state index in [1.54, 1.807) is 4.57 Å². The molecule has 0 aliphatic carbocycles. The molecule has 2 aromatic carbocycles. The summed E-state index contributed by atoms with van der Waals surface area (Å²) in [6.07, 6.45) is 0.573. The van der Waals surface area contributed by atoms with Crippen LogP contribution in [-0.4, -0.2) is 57.5 Å². The summed E-state index contributed by atoms with van der Waals surface area (Å²) in [7, 11) is 0. The molecule has 1 fully saturated rings.